The molecule has 5 heteroatoms. The largest absolute Gasteiger partial charge is 0.506 e. The number of phenolic OH excluding ortho intramolecular Hbond substituents is 1. The zero-order chi connectivity index (χ0) is 16.2. The Balaban J connectivity index is 2.29. The molecule has 0 aliphatic rings. The Bertz CT molecular complexity index is 834. The van der Waals surface area contributed by atoms with Gasteiger partial charge in [-0.1, -0.05) is 42.5 Å². The highest BCUT2D eigenvalue weighted by Crippen LogP contribution is 2.39. The number of nitrogens with one attached hydrogen (secondary N) is 1. The second-order valence-electron chi connectivity index (χ2n) is 4.94. The Kier molecular flexibility index (Phi) is 4.03. The lowest BCUT2D eigenvalue weighted by molar-refractivity contribution is 0.0951. The number of carbonyl (C=O) groups excluding carboxylic acids is 1. The molecular formula is C18H15N3O2. The SMILES string of the molecule is NNC(=O)c1ccc(-c2ccccc2)c(-c2ccccn2)c1O. The summed E-state index contributed by atoms with van der Waals surface area (Å²) in [6.45, 7) is 0. The van der Waals surface area contributed by atoms with Crippen LogP contribution < -0.4 is 11.3 Å². The van der Waals surface area contributed by atoms with Crippen molar-refractivity contribution < 1.29 is 9.90 Å². The molecule has 0 radical (unpaired) electrons. The van der Waals surface area contributed by atoms with Crippen LogP contribution in [0.25, 0.3) is 22.4 Å². The number of hydrogen-bond acceptors (Lipinski definition) is 4. The van der Waals surface area contributed by atoms with Crippen LogP contribution in [0, 0.1) is 0 Å². The molecule has 0 bridgehead atoms. The summed E-state index contributed by atoms with van der Waals surface area (Å²) in [7, 11) is 0. The third-order valence-corrected chi connectivity index (χ3v) is 3.56. The molecule has 0 saturated heterocycles. The van der Waals surface area contributed by atoms with Gasteiger partial charge in [0, 0.05) is 6.20 Å². The average Bonchev–Trinajstić information content (AvgIpc) is 2.62. The molecule has 1 aromatic heterocycles. The molecule has 23 heavy (non-hydrogen) atoms. The number of rotatable bonds is 3. The second kappa shape index (κ2) is 6.29. The number of nitrogen functional groups attached to an aromatic ring is 1. The van der Waals surface area contributed by atoms with Gasteiger partial charge in [-0.15, -0.1) is 0 Å². The predicted molar refractivity (Wildman–Crippen MR) is 88.4 cm³/mol. The molecule has 0 aliphatic carbocycles. The van der Waals surface area contributed by atoms with E-state index >= 15 is 0 Å². The van der Waals surface area contributed by atoms with Crippen LogP contribution in [0.5, 0.6) is 5.75 Å². The van der Waals surface area contributed by atoms with Gasteiger partial charge in [0.1, 0.15) is 5.75 Å². The van der Waals surface area contributed by atoms with Gasteiger partial charge in [-0.05, 0) is 29.3 Å². The zero-order valence-corrected chi connectivity index (χ0v) is 12.2. The molecule has 0 fully saturated rings. The van der Waals surface area contributed by atoms with E-state index in [0.29, 0.717) is 11.3 Å². The van der Waals surface area contributed by atoms with Crippen molar-refractivity contribution in [2.75, 3.05) is 0 Å². The number of hydrazine groups is 1. The van der Waals surface area contributed by atoms with Crippen LogP contribution >= 0.6 is 0 Å². The predicted octanol–water partition coefficient (Wildman–Crippen LogP) is 2.72. The van der Waals surface area contributed by atoms with Crippen LogP contribution in [0.3, 0.4) is 0 Å². The van der Waals surface area contributed by atoms with Crippen molar-refractivity contribution in [2.45, 2.75) is 0 Å². The van der Waals surface area contributed by atoms with Gasteiger partial charge in [0.2, 0.25) is 0 Å². The van der Waals surface area contributed by atoms with E-state index in [-0.39, 0.29) is 11.3 Å². The molecule has 114 valence electrons. The Hall–Kier alpha value is -3.18. The molecule has 4 N–H and O–H groups in total. The zero-order valence-electron chi connectivity index (χ0n) is 12.2. The van der Waals surface area contributed by atoms with Crippen LogP contribution in [0.1, 0.15) is 10.4 Å². The van der Waals surface area contributed by atoms with Crippen molar-refractivity contribution in [3.63, 3.8) is 0 Å². The number of aromatic nitrogens is 1. The van der Waals surface area contributed by atoms with E-state index < -0.39 is 5.91 Å². The number of amides is 1. The minimum absolute atomic E-state index is 0.104. The Morgan fingerprint density at radius 1 is 1.00 bits per heavy atom. The normalized spacial score (nSPS) is 10.3. The summed E-state index contributed by atoms with van der Waals surface area (Å²) in [6.07, 6.45) is 1.64. The average molecular weight is 305 g/mol. The molecule has 0 aliphatic heterocycles. The molecular weight excluding hydrogens is 290 g/mol. The molecule has 0 spiro atoms. The number of aromatic hydroxyl groups is 1. The summed E-state index contributed by atoms with van der Waals surface area (Å²) in [6, 6.07) is 18.3. The first-order valence-electron chi connectivity index (χ1n) is 7.06. The quantitative estimate of drug-likeness (QED) is 0.394. The van der Waals surface area contributed by atoms with Gasteiger partial charge < -0.3 is 5.11 Å². The van der Waals surface area contributed by atoms with E-state index in [0.717, 1.165) is 11.1 Å². The lowest BCUT2D eigenvalue weighted by Gasteiger charge is -2.14. The first-order chi connectivity index (χ1) is 11.2. The summed E-state index contributed by atoms with van der Waals surface area (Å²) < 4.78 is 0. The lowest BCUT2D eigenvalue weighted by atomic mass is 9.93. The standard InChI is InChI=1S/C18H15N3O2/c19-21-18(23)14-10-9-13(12-6-2-1-3-7-12)16(17(14)22)15-8-4-5-11-20-15/h1-11,22H,19H2,(H,21,23). The van der Waals surface area contributed by atoms with Crippen LogP contribution in [-0.4, -0.2) is 16.0 Å². The van der Waals surface area contributed by atoms with E-state index in [1.54, 1.807) is 30.5 Å². The van der Waals surface area contributed by atoms with Gasteiger partial charge in [0.25, 0.3) is 5.91 Å². The summed E-state index contributed by atoms with van der Waals surface area (Å²) in [4.78, 5) is 16.1. The first kappa shape index (κ1) is 14.7. The smallest absolute Gasteiger partial charge is 0.268 e. The van der Waals surface area contributed by atoms with Crippen molar-refractivity contribution in [1.29, 1.82) is 0 Å². The number of benzene rings is 2. The fourth-order valence-electron chi connectivity index (χ4n) is 2.48. The van der Waals surface area contributed by atoms with Gasteiger partial charge in [-0.3, -0.25) is 15.2 Å². The molecule has 0 unspecified atom stereocenters. The minimum atomic E-state index is -0.556. The minimum Gasteiger partial charge on any atom is -0.506 e. The monoisotopic (exact) mass is 305 g/mol. The maximum absolute atomic E-state index is 11.8. The van der Waals surface area contributed by atoms with Gasteiger partial charge in [0.05, 0.1) is 16.8 Å². The highest BCUT2D eigenvalue weighted by atomic mass is 16.3. The molecule has 3 aromatic rings. The molecule has 3 rings (SSSR count). The lowest BCUT2D eigenvalue weighted by Crippen LogP contribution is -2.30. The second-order valence-corrected chi connectivity index (χ2v) is 4.94. The maximum atomic E-state index is 11.8. The van der Waals surface area contributed by atoms with Gasteiger partial charge in [-0.2, -0.15) is 0 Å². The number of hydrogen-bond donors (Lipinski definition) is 3. The fraction of sp³-hybridized carbons (Fsp3) is 0. The van der Waals surface area contributed by atoms with Crippen LogP contribution in [0.2, 0.25) is 0 Å². The highest BCUT2D eigenvalue weighted by Gasteiger charge is 2.19. The number of nitrogens with zero attached hydrogens (tertiary/aromatic N) is 1. The summed E-state index contributed by atoms with van der Waals surface area (Å²) in [5, 5.41) is 10.6. The molecule has 0 atom stereocenters. The first-order valence-corrected chi connectivity index (χ1v) is 7.06. The molecule has 1 amide bonds. The van der Waals surface area contributed by atoms with E-state index in [9.17, 15) is 9.90 Å². The fourth-order valence-corrected chi connectivity index (χ4v) is 2.48. The maximum Gasteiger partial charge on any atom is 0.268 e. The van der Waals surface area contributed by atoms with Crippen molar-refractivity contribution in [2.24, 2.45) is 5.84 Å². The van der Waals surface area contributed by atoms with Crippen molar-refractivity contribution in [3.05, 3.63) is 72.4 Å². The molecule has 0 saturated carbocycles. The van der Waals surface area contributed by atoms with E-state index in [2.05, 4.69) is 4.98 Å². The van der Waals surface area contributed by atoms with E-state index in [1.165, 1.54) is 0 Å². The Morgan fingerprint density at radius 3 is 2.39 bits per heavy atom. The number of pyridine rings is 1. The topological polar surface area (TPSA) is 88.2 Å². The van der Waals surface area contributed by atoms with Gasteiger partial charge >= 0.3 is 0 Å². The third kappa shape index (κ3) is 2.77. The van der Waals surface area contributed by atoms with E-state index in [1.807, 2.05) is 41.8 Å². The highest BCUT2D eigenvalue weighted by molar-refractivity contribution is 6.01. The Morgan fingerprint density at radius 2 is 1.74 bits per heavy atom. The third-order valence-electron chi connectivity index (χ3n) is 3.56. The van der Waals surface area contributed by atoms with Crippen LogP contribution in [0.4, 0.5) is 0 Å². The number of carbonyl (C=O) groups is 1. The summed E-state index contributed by atoms with van der Waals surface area (Å²) in [5.41, 5.74) is 4.93. The van der Waals surface area contributed by atoms with Crippen molar-refractivity contribution >= 4 is 5.91 Å². The van der Waals surface area contributed by atoms with Crippen LogP contribution in [-0.2, 0) is 0 Å². The van der Waals surface area contributed by atoms with E-state index in [4.69, 9.17) is 5.84 Å². The molecule has 5 nitrogen and oxygen atoms in total. The number of phenols is 1. The Labute approximate surface area is 133 Å². The van der Waals surface area contributed by atoms with Crippen LogP contribution in [0.15, 0.2) is 66.9 Å². The summed E-state index contributed by atoms with van der Waals surface area (Å²) in [5.74, 6) is 4.48. The summed E-state index contributed by atoms with van der Waals surface area (Å²) >= 11 is 0. The van der Waals surface area contributed by atoms with Crippen molar-refractivity contribution in [3.8, 4) is 28.1 Å². The van der Waals surface area contributed by atoms with Gasteiger partial charge in [-0.25, -0.2) is 5.84 Å². The molecule has 1 heterocycles. The van der Waals surface area contributed by atoms with Gasteiger partial charge in [0.15, 0.2) is 0 Å². The van der Waals surface area contributed by atoms with Crippen molar-refractivity contribution in [1.82, 2.24) is 10.4 Å². The number of nitrogens with two attached hydrogens (primary N) is 1. The molecule has 2 aromatic carbocycles.